The van der Waals surface area contributed by atoms with Gasteiger partial charge in [0.15, 0.2) is 0 Å². The van der Waals surface area contributed by atoms with Crippen LogP contribution in [0.2, 0.25) is 0 Å². The average molecular weight is 273 g/mol. The first-order valence-electron chi connectivity index (χ1n) is 7.58. The zero-order valence-corrected chi connectivity index (χ0v) is 12.4. The number of rotatable bonds is 2. The van der Waals surface area contributed by atoms with Crippen molar-refractivity contribution in [2.24, 2.45) is 5.92 Å². The number of hydrogen-bond acceptors (Lipinski definition) is 2. The van der Waals surface area contributed by atoms with Crippen LogP contribution in [0.5, 0.6) is 0 Å². The normalized spacial score (nSPS) is 26.2. The van der Waals surface area contributed by atoms with Crippen LogP contribution in [0.3, 0.4) is 0 Å². The molecule has 1 amide bonds. The Morgan fingerprint density at radius 3 is 2.60 bits per heavy atom. The van der Waals surface area contributed by atoms with Crippen LogP contribution in [0.1, 0.15) is 35.4 Å². The van der Waals surface area contributed by atoms with Gasteiger partial charge >= 0.3 is 0 Å². The molecule has 0 bridgehead atoms. The van der Waals surface area contributed by atoms with Gasteiger partial charge in [-0.3, -0.25) is 4.79 Å². The molecule has 0 saturated carbocycles. The Balaban J connectivity index is 1.68. The second kappa shape index (κ2) is 5.57. The van der Waals surface area contributed by atoms with E-state index >= 15 is 0 Å². The number of amides is 1. The third-order valence-corrected chi connectivity index (χ3v) is 4.49. The molecule has 2 atom stereocenters. The number of aryl methyl sites for hydroxylation is 2. The minimum Gasteiger partial charge on any atom is -0.381 e. The monoisotopic (exact) mass is 273 g/mol. The fourth-order valence-corrected chi connectivity index (χ4v) is 3.47. The van der Waals surface area contributed by atoms with E-state index in [1.165, 1.54) is 16.7 Å². The Bertz CT molecular complexity index is 485. The zero-order valence-electron chi connectivity index (χ0n) is 12.4. The first kappa shape index (κ1) is 13.6. The average Bonchev–Trinajstić information content (AvgIpc) is 3.09. The first-order valence-corrected chi connectivity index (χ1v) is 7.58. The van der Waals surface area contributed by atoms with Gasteiger partial charge in [0.2, 0.25) is 5.91 Å². The fraction of sp³-hybridized carbons (Fsp3) is 0.588. The molecule has 2 aliphatic heterocycles. The van der Waals surface area contributed by atoms with Gasteiger partial charge in [-0.15, -0.1) is 0 Å². The van der Waals surface area contributed by atoms with E-state index in [0.717, 1.165) is 32.5 Å². The van der Waals surface area contributed by atoms with Gasteiger partial charge in [-0.1, -0.05) is 29.3 Å². The molecule has 1 aromatic carbocycles. The molecule has 0 aromatic heterocycles. The van der Waals surface area contributed by atoms with Crippen molar-refractivity contribution in [3.05, 3.63) is 34.9 Å². The first-order chi connectivity index (χ1) is 9.63. The van der Waals surface area contributed by atoms with Gasteiger partial charge in [-0.25, -0.2) is 0 Å². The van der Waals surface area contributed by atoms with Crippen molar-refractivity contribution in [3.63, 3.8) is 0 Å². The topological polar surface area (TPSA) is 29.5 Å². The maximum atomic E-state index is 12.4. The van der Waals surface area contributed by atoms with E-state index in [4.69, 9.17) is 4.74 Å². The van der Waals surface area contributed by atoms with Crippen molar-refractivity contribution in [2.75, 3.05) is 26.3 Å². The van der Waals surface area contributed by atoms with Crippen LogP contribution < -0.4 is 0 Å². The zero-order chi connectivity index (χ0) is 14.1. The Labute approximate surface area is 120 Å². The van der Waals surface area contributed by atoms with Crippen molar-refractivity contribution in [3.8, 4) is 0 Å². The highest BCUT2D eigenvalue weighted by atomic mass is 16.5. The van der Waals surface area contributed by atoms with Crippen LogP contribution in [0.15, 0.2) is 18.2 Å². The highest BCUT2D eigenvalue weighted by Gasteiger charge is 2.33. The second-order valence-corrected chi connectivity index (χ2v) is 6.25. The molecule has 0 N–H and O–H groups in total. The summed E-state index contributed by atoms with van der Waals surface area (Å²) < 4.78 is 5.33. The highest BCUT2D eigenvalue weighted by molar-refractivity contribution is 5.79. The predicted octanol–water partition coefficient (Wildman–Crippen LogP) is 2.66. The lowest BCUT2D eigenvalue weighted by atomic mass is 9.95. The van der Waals surface area contributed by atoms with Gasteiger partial charge in [0.25, 0.3) is 0 Å². The second-order valence-electron chi connectivity index (χ2n) is 6.25. The molecular weight excluding hydrogens is 250 g/mol. The van der Waals surface area contributed by atoms with E-state index < -0.39 is 0 Å². The summed E-state index contributed by atoms with van der Waals surface area (Å²) in [5.74, 6) is 0.905. The summed E-state index contributed by atoms with van der Waals surface area (Å²) in [5, 5.41) is 0. The quantitative estimate of drug-likeness (QED) is 0.829. The smallest absolute Gasteiger partial charge is 0.228 e. The van der Waals surface area contributed by atoms with Crippen LogP contribution in [0, 0.1) is 19.8 Å². The third-order valence-electron chi connectivity index (χ3n) is 4.49. The summed E-state index contributed by atoms with van der Waals surface area (Å²) >= 11 is 0. The third kappa shape index (κ3) is 2.73. The molecule has 0 unspecified atom stereocenters. The van der Waals surface area contributed by atoms with Gasteiger partial charge < -0.3 is 9.64 Å². The van der Waals surface area contributed by atoms with Gasteiger partial charge in [0.1, 0.15) is 0 Å². The molecule has 0 aliphatic carbocycles. The summed E-state index contributed by atoms with van der Waals surface area (Å²) in [5.41, 5.74) is 4.02. The van der Waals surface area contributed by atoms with Crippen LogP contribution in [0.4, 0.5) is 0 Å². The van der Waals surface area contributed by atoms with Crippen LogP contribution in [-0.2, 0) is 9.53 Å². The maximum Gasteiger partial charge on any atom is 0.228 e. The van der Waals surface area contributed by atoms with Gasteiger partial charge in [0.05, 0.1) is 12.5 Å². The molecule has 2 fully saturated rings. The largest absolute Gasteiger partial charge is 0.381 e. The summed E-state index contributed by atoms with van der Waals surface area (Å²) in [4.78, 5) is 14.4. The molecule has 1 aromatic rings. The van der Waals surface area contributed by atoms with Gasteiger partial charge in [-0.05, 0) is 32.3 Å². The minimum absolute atomic E-state index is 0.105. The van der Waals surface area contributed by atoms with Crippen molar-refractivity contribution in [1.29, 1.82) is 0 Å². The number of carbonyl (C=O) groups is 1. The van der Waals surface area contributed by atoms with E-state index in [2.05, 4.69) is 32.0 Å². The molecule has 0 radical (unpaired) electrons. The Hall–Kier alpha value is -1.35. The number of benzene rings is 1. The predicted molar refractivity (Wildman–Crippen MR) is 78.8 cm³/mol. The van der Waals surface area contributed by atoms with E-state index in [-0.39, 0.29) is 5.92 Å². The molecule has 0 spiro atoms. The highest BCUT2D eigenvalue weighted by Crippen LogP contribution is 2.30. The molecule has 2 saturated heterocycles. The summed E-state index contributed by atoms with van der Waals surface area (Å²) in [7, 11) is 0. The minimum atomic E-state index is 0.105. The number of carbonyl (C=O) groups excluding carboxylic acids is 1. The van der Waals surface area contributed by atoms with E-state index in [1.807, 2.05) is 4.90 Å². The van der Waals surface area contributed by atoms with E-state index in [1.54, 1.807) is 0 Å². The summed E-state index contributed by atoms with van der Waals surface area (Å²) in [6.45, 7) is 7.41. The maximum absolute atomic E-state index is 12.4. The molecule has 2 heterocycles. The molecule has 108 valence electrons. The van der Waals surface area contributed by atoms with Crippen molar-refractivity contribution >= 4 is 5.91 Å². The molecular formula is C17H23NO2. The summed E-state index contributed by atoms with van der Waals surface area (Å²) in [6.07, 6.45) is 1.98. The Morgan fingerprint density at radius 2 is 1.95 bits per heavy atom. The lowest BCUT2D eigenvalue weighted by Crippen LogP contribution is -2.34. The molecule has 3 rings (SSSR count). The molecule has 3 heteroatoms. The van der Waals surface area contributed by atoms with Crippen LogP contribution in [0.25, 0.3) is 0 Å². The molecule has 3 nitrogen and oxygen atoms in total. The molecule has 20 heavy (non-hydrogen) atoms. The van der Waals surface area contributed by atoms with Crippen molar-refractivity contribution in [2.45, 2.75) is 32.6 Å². The van der Waals surface area contributed by atoms with Gasteiger partial charge in [-0.2, -0.15) is 0 Å². The lowest BCUT2D eigenvalue weighted by Gasteiger charge is -2.20. The van der Waals surface area contributed by atoms with Crippen molar-refractivity contribution < 1.29 is 9.53 Å². The van der Waals surface area contributed by atoms with Crippen LogP contribution in [-0.4, -0.2) is 37.1 Å². The standard InChI is InChI=1S/C17H23NO2/c1-12-7-13(2)9-16(8-12)14-3-5-18(10-14)17(19)15-4-6-20-11-15/h7-9,14-15H,3-6,10-11H2,1-2H3/t14-,15+/m0/s1. The number of likely N-dealkylation sites (tertiary alicyclic amines) is 1. The SMILES string of the molecule is Cc1cc(C)cc([C@H]2CCN(C(=O)[C@@H]3CCOC3)C2)c1. The van der Waals surface area contributed by atoms with Crippen molar-refractivity contribution in [1.82, 2.24) is 4.90 Å². The van der Waals surface area contributed by atoms with Crippen LogP contribution >= 0.6 is 0 Å². The summed E-state index contributed by atoms with van der Waals surface area (Å²) in [6, 6.07) is 6.74. The van der Waals surface area contributed by atoms with E-state index in [0.29, 0.717) is 18.4 Å². The number of ether oxygens (including phenoxy) is 1. The Morgan fingerprint density at radius 1 is 1.20 bits per heavy atom. The molecule has 2 aliphatic rings. The number of hydrogen-bond donors (Lipinski definition) is 0. The lowest BCUT2D eigenvalue weighted by molar-refractivity contribution is -0.134. The number of nitrogens with zero attached hydrogens (tertiary/aromatic N) is 1. The fourth-order valence-electron chi connectivity index (χ4n) is 3.47. The van der Waals surface area contributed by atoms with E-state index in [9.17, 15) is 4.79 Å². The van der Waals surface area contributed by atoms with Gasteiger partial charge in [0, 0.05) is 25.6 Å². The Kier molecular flexibility index (Phi) is 3.79.